The molecule has 0 aliphatic carbocycles. The highest BCUT2D eigenvalue weighted by atomic mass is 15.4. The Morgan fingerprint density at radius 1 is 1.00 bits per heavy atom. The van der Waals surface area contributed by atoms with Gasteiger partial charge in [-0.15, -0.1) is 0 Å². The average Bonchev–Trinajstić information content (AvgIpc) is 2.82. The van der Waals surface area contributed by atoms with E-state index < -0.39 is 0 Å². The summed E-state index contributed by atoms with van der Waals surface area (Å²) in [4.78, 5) is 2.74. The molecule has 2 rings (SSSR count). The Labute approximate surface area is 137 Å². The zero-order valence-electron chi connectivity index (χ0n) is 16.2. The second kappa shape index (κ2) is 5.09. The van der Waals surface area contributed by atoms with Crippen LogP contribution in [0.25, 0.3) is 0 Å². The lowest BCUT2D eigenvalue weighted by molar-refractivity contribution is -0.0505. The molecule has 2 heterocycles. The van der Waals surface area contributed by atoms with Crippen LogP contribution in [-0.4, -0.2) is 32.3 Å². The van der Waals surface area contributed by atoms with E-state index in [0.29, 0.717) is 18.0 Å². The minimum absolute atomic E-state index is 0.0225. The van der Waals surface area contributed by atoms with Crippen molar-refractivity contribution in [2.45, 2.75) is 97.8 Å². The van der Waals surface area contributed by atoms with Crippen molar-refractivity contribution < 1.29 is 0 Å². The number of aromatic nitrogens is 2. The average molecular weight is 306 g/mol. The largest absolute Gasteiger partial charge is 0.289 e. The molecule has 0 N–H and O–H groups in total. The number of hydrogen-bond donors (Lipinski definition) is 0. The molecule has 0 fully saturated rings. The summed E-state index contributed by atoms with van der Waals surface area (Å²) in [5.74, 6) is 0.558. The summed E-state index contributed by atoms with van der Waals surface area (Å²) >= 11 is 0. The van der Waals surface area contributed by atoms with Crippen molar-refractivity contribution in [2.24, 2.45) is 5.92 Å². The maximum atomic E-state index is 4.75. The Bertz CT molecular complexity index is 535. The van der Waals surface area contributed by atoms with E-state index in [1.165, 1.54) is 5.69 Å². The third-order valence-corrected chi connectivity index (χ3v) is 6.22. The van der Waals surface area contributed by atoms with Crippen molar-refractivity contribution in [1.29, 1.82) is 0 Å². The van der Waals surface area contributed by atoms with Crippen molar-refractivity contribution in [1.82, 2.24) is 14.7 Å². The summed E-state index contributed by atoms with van der Waals surface area (Å²) in [6, 6.07) is 3.14. The first-order chi connectivity index (χ1) is 9.86. The van der Waals surface area contributed by atoms with Crippen molar-refractivity contribution >= 4 is 0 Å². The van der Waals surface area contributed by atoms with Crippen LogP contribution in [0.3, 0.4) is 0 Å². The van der Waals surface area contributed by atoms with E-state index in [-0.39, 0.29) is 16.5 Å². The molecule has 1 atom stereocenters. The Hall–Kier alpha value is -0.830. The molecule has 0 amide bonds. The van der Waals surface area contributed by atoms with Crippen LogP contribution in [0.2, 0.25) is 0 Å². The molecule has 1 aromatic rings. The highest BCUT2D eigenvalue weighted by Crippen LogP contribution is 2.48. The molecule has 1 aliphatic rings. The molecule has 3 heteroatoms. The minimum Gasteiger partial charge on any atom is -0.289 e. The van der Waals surface area contributed by atoms with Crippen LogP contribution in [-0.2, 0) is 11.0 Å². The fourth-order valence-corrected chi connectivity index (χ4v) is 4.79. The lowest BCUT2D eigenvalue weighted by Gasteiger charge is -2.55. The number of rotatable bonds is 2. The van der Waals surface area contributed by atoms with Gasteiger partial charge in [0.1, 0.15) is 0 Å². The Morgan fingerprint density at radius 3 is 2.00 bits per heavy atom. The third-order valence-electron chi connectivity index (χ3n) is 6.22. The first-order valence-electron chi connectivity index (χ1n) is 8.70. The summed E-state index contributed by atoms with van der Waals surface area (Å²) in [6.45, 7) is 23.6. The maximum Gasteiger partial charge on any atom is 0.0732 e. The standard InChI is InChI=1S/C19H35N3/c1-13(2)16-18(7,8)22-15(11-12-20-22)17(5,6)19(9,10)21(16)14(3)4/h11-14,16H,1-10H3. The summed E-state index contributed by atoms with van der Waals surface area (Å²) in [7, 11) is 0. The van der Waals surface area contributed by atoms with Crippen LogP contribution in [0.4, 0.5) is 0 Å². The molecule has 0 spiro atoms. The molecule has 126 valence electrons. The topological polar surface area (TPSA) is 21.1 Å². The van der Waals surface area contributed by atoms with E-state index in [0.717, 1.165) is 0 Å². The van der Waals surface area contributed by atoms with E-state index in [9.17, 15) is 0 Å². The number of nitrogens with zero attached hydrogens (tertiary/aromatic N) is 3. The highest BCUT2D eigenvalue weighted by molar-refractivity contribution is 5.26. The first kappa shape index (κ1) is 17.5. The van der Waals surface area contributed by atoms with Crippen LogP contribution in [0.5, 0.6) is 0 Å². The van der Waals surface area contributed by atoms with E-state index in [1.54, 1.807) is 0 Å². The Morgan fingerprint density at radius 2 is 1.55 bits per heavy atom. The van der Waals surface area contributed by atoms with Gasteiger partial charge in [0.25, 0.3) is 0 Å². The fraction of sp³-hybridized carbons (Fsp3) is 0.842. The molecule has 1 aromatic heterocycles. The maximum absolute atomic E-state index is 4.75. The molecule has 1 aliphatic heterocycles. The quantitative estimate of drug-likeness (QED) is 0.806. The first-order valence-corrected chi connectivity index (χ1v) is 8.70. The summed E-state index contributed by atoms with van der Waals surface area (Å²) in [6.07, 6.45) is 1.97. The Kier molecular flexibility index (Phi) is 4.05. The molecule has 0 aromatic carbocycles. The second-order valence-electron chi connectivity index (χ2n) is 9.16. The predicted molar refractivity (Wildman–Crippen MR) is 94.3 cm³/mol. The fourth-order valence-electron chi connectivity index (χ4n) is 4.79. The SMILES string of the molecule is CC(C)C1N(C(C)C)C(C)(C)C(C)(C)c2ccnn2C1(C)C. The van der Waals surface area contributed by atoms with Gasteiger partial charge in [-0.1, -0.05) is 27.7 Å². The van der Waals surface area contributed by atoms with Gasteiger partial charge in [0.05, 0.1) is 5.54 Å². The van der Waals surface area contributed by atoms with Gasteiger partial charge in [-0.05, 0) is 53.5 Å². The summed E-state index contributed by atoms with van der Waals surface area (Å²) in [5.41, 5.74) is 1.37. The normalized spacial score (nSPS) is 27.0. The monoisotopic (exact) mass is 305 g/mol. The number of fused-ring (bicyclic) bond motifs is 1. The molecular weight excluding hydrogens is 270 g/mol. The van der Waals surface area contributed by atoms with Crippen LogP contribution in [0.15, 0.2) is 12.3 Å². The molecule has 0 bridgehead atoms. The van der Waals surface area contributed by atoms with E-state index in [2.05, 4.69) is 84.9 Å². The zero-order valence-corrected chi connectivity index (χ0v) is 16.2. The molecule has 22 heavy (non-hydrogen) atoms. The summed E-state index contributed by atoms with van der Waals surface area (Å²) in [5, 5.41) is 4.75. The van der Waals surface area contributed by atoms with Crippen LogP contribution in [0, 0.1) is 5.92 Å². The van der Waals surface area contributed by atoms with Gasteiger partial charge in [0, 0.05) is 34.9 Å². The van der Waals surface area contributed by atoms with E-state index in [4.69, 9.17) is 5.10 Å². The minimum atomic E-state index is -0.0394. The molecule has 3 nitrogen and oxygen atoms in total. The third kappa shape index (κ3) is 2.16. The number of hydrogen-bond acceptors (Lipinski definition) is 2. The second-order valence-corrected chi connectivity index (χ2v) is 9.16. The van der Waals surface area contributed by atoms with Gasteiger partial charge in [0.2, 0.25) is 0 Å². The highest BCUT2D eigenvalue weighted by Gasteiger charge is 2.55. The van der Waals surface area contributed by atoms with Gasteiger partial charge in [0.15, 0.2) is 0 Å². The van der Waals surface area contributed by atoms with Gasteiger partial charge < -0.3 is 0 Å². The van der Waals surface area contributed by atoms with Crippen LogP contribution < -0.4 is 0 Å². The predicted octanol–water partition coefficient (Wildman–Crippen LogP) is 4.42. The summed E-state index contributed by atoms with van der Waals surface area (Å²) < 4.78 is 2.29. The molecule has 0 radical (unpaired) electrons. The Balaban J connectivity index is 2.82. The van der Waals surface area contributed by atoms with Crippen molar-refractivity contribution in [3.8, 4) is 0 Å². The molecule has 0 saturated heterocycles. The lowest BCUT2D eigenvalue weighted by atomic mass is 9.70. The smallest absolute Gasteiger partial charge is 0.0732 e. The molecule has 1 unspecified atom stereocenters. The van der Waals surface area contributed by atoms with Gasteiger partial charge >= 0.3 is 0 Å². The van der Waals surface area contributed by atoms with Crippen LogP contribution in [0.1, 0.15) is 74.9 Å². The lowest BCUT2D eigenvalue weighted by Crippen LogP contribution is -2.64. The van der Waals surface area contributed by atoms with E-state index >= 15 is 0 Å². The molecule has 0 saturated carbocycles. The van der Waals surface area contributed by atoms with E-state index in [1.807, 2.05) is 6.20 Å². The van der Waals surface area contributed by atoms with Gasteiger partial charge in [-0.2, -0.15) is 5.10 Å². The van der Waals surface area contributed by atoms with Gasteiger partial charge in [-0.25, -0.2) is 0 Å². The van der Waals surface area contributed by atoms with Crippen molar-refractivity contribution in [2.75, 3.05) is 0 Å². The zero-order chi connectivity index (χ0) is 17.1. The molecular formula is C19H35N3. The van der Waals surface area contributed by atoms with Crippen molar-refractivity contribution in [3.63, 3.8) is 0 Å². The van der Waals surface area contributed by atoms with Crippen molar-refractivity contribution in [3.05, 3.63) is 18.0 Å². The van der Waals surface area contributed by atoms with Gasteiger partial charge in [-0.3, -0.25) is 9.58 Å². The van der Waals surface area contributed by atoms with Crippen LogP contribution >= 0.6 is 0 Å².